The van der Waals surface area contributed by atoms with Gasteiger partial charge in [0, 0.05) is 18.1 Å². The summed E-state index contributed by atoms with van der Waals surface area (Å²) >= 11 is 0. The Morgan fingerprint density at radius 1 is 1.22 bits per heavy atom. The number of nitrogens with zero attached hydrogens (tertiary/aromatic N) is 1. The van der Waals surface area contributed by atoms with Crippen molar-refractivity contribution in [2.24, 2.45) is 5.92 Å². The second kappa shape index (κ2) is 5.19. The molecule has 0 amide bonds. The zero-order valence-corrected chi connectivity index (χ0v) is 12.3. The van der Waals surface area contributed by atoms with Gasteiger partial charge >= 0.3 is 0 Å². The lowest BCUT2D eigenvalue weighted by Crippen LogP contribution is -2.29. The minimum atomic E-state index is -0.398. The first kappa shape index (κ1) is 13.9. The van der Waals surface area contributed by atoms with Gasteiger partial charge in [-0.2, -0.15) is 0 Å². The van der Waals surface area contributed by atoms with E-state index in [1.165, 1.54) is 12.1 Å². The van der Waals surface area contributed by atoms with Crippen LogP contribution in [0.4, 0.5) is 15.8 Å². The van der Waals surface area contributed by atoms with Crippen molar-refractivity contribution in [3.05, 3.63) is 81.7 Å². The molecule has 23 heavy (non-hydrogen) atoms. The third-order valence-electron chi connectivity index (χ3n) is 4.79. The van der Waals surface area contributed by atoms with Crippen molar-refractivity contribution in [3.8, 4) is 0 Å². The number of hydrogen-bond donors (Lipinski definition) is 1. The molecule has 1 heterocycles. The highest BCUT2D eigenvalue weighted by molar-refractivity contribution is 5.60. The molecule has 0 saturated carbocycles. The van der Waals surface area contributed by atoms with E-state index in [0.717, 1.165) is 17.5 Å². The van der Waals surface area contributed by atoms with Crippen LogP contribution in [0.15, 0.2) is 54.6 Å². The van der Waals surface area contributed by atoms with Crippen LogP contribution in [0.1, 0.15) is 29.5 Å². The van der Waals surface area contributed by atoms with Gasteiger partial charge in [-0.25, -0.2) is 4.39 Å². The second-order valence-corrected chi connectivity index (χ2v) is 6.03. The van der Waals surface area contributed by atoms with Crippen molar-refractivity contribution in [1.29, 1.82) is 0 Å². The number of para-hydroxylation sites is 1. The van der Waals surface area contributed by atoms with Gasteiger partial charge in [0.05, 0.1) is 16.7 Å². The highest BCUT2D eigenvalue weighted by Gasteiger charge is 2.39. The largest absolute Gasteiger partial charge is 0.375 e. The van der Waals surface area contributed by atoms with Gasteiger partial charge in [0.1, 0.15) is 5.82 Å². The molecule has 1 N–H and O–H groups in total. The standard InChI is InChI=1S/C18H15FN2O2/c19-16-9-3-8-15-13-6-2-7-14(13)17(20-18(15)16)11-4-1-5-12(10-11)21(22)23/h1-6,8-10,13-14,17,20H,7H2/t13-,14-,17-/m1/s1. The number of non-ortho nitro benzene ring substituents is 1. The van der Waals surface area contributed by atoms with Crippen LogP contribution >= 0.6 is 0 Å². The van der Waals surface area contributed by atoms with Gasteiger partial charge in [0.25, 0.3) is 5.69 Å². The maximum Gasteiger partial charge on any atom is 0.269 e. The van der Waals surface area contributed by atoms with Crippen LogP contribution in [-0.2, 0) is 0 Å². The minimum absolute atomic E-state index is 0.0612. The first-order valence-electron chi connectivity index (χ1n) is 7.61. The Kier molecular flexibility index (Phi) is 3.15. The normalized spacial score (nSPS) is 24.7. The fourth-order valence-corrected chi connectivity index (χ4v) is 3.75. The Labute approximate surface area is 132 Å². The molecular weight excluding hydrogens is 295 g/mol. The number of rotatable bonds is 2. The van der Waals surface area contributed by atoms with E-state index in [4.69, 9.17) is 0 Å². The van der Waals surface area contributed by atoms with E-state index in [2.05, 4.69) is 17.5 Å². The third kappa shape index (κ3) is 2.20. The maximum atomic E-state index is 14.2. The van der Waals surface area contributed by atoms with Gasteiger partial charge in [-0.1, -0.05) is 36.4 Å². The summed E-state index contributed by atoms with van der Waals surface area (Å²) in [6.45, 7) is 0. The first-order valence-corrected chi connectivity index (χ1v) is 7.61. The lowest BCUT2D eigenvalue weighted by atomic mass is 9.77. The Balaban J connectivity index is 1.80. The molecule has 0 saturated heterocycles. The Morgan fingerprint density at radius 3 is 2.87 bits per heavy atom. The van der Waals surface area contributed by atoms with E-state index >= 15 is 0 Å². The summed E-state index contributed by atoms with van der Waals surface area (Å²) in [4.78, 5) is 10.6. The van der Waals surface area contributed by atoms with Gasteiger partial charge in [-0.05, 0) is 29.5 Å². The van der Waals surface area contributed by atoms with Gasteiger partial charge in [-0.3, -0.25) is 10.1 Å². The number of fused-ring (bicyclic) bond motifs is 3. The molecule has 2 aromatic rings. The van der Waals surface area contributed by atoms with Crippen LogP contribution in [0.2, 0.25) is 0 Å². The molecule has 1 aliphatic heterocycles. The molecule has 0 spiro atoms. The molecule has 0 bridgehead atoms. The van der Waals surface area contributed by atoms with E-state index < -0.39 is 4.92 Å². The summed E-state index contributed by atoms with van der Waals surface area (Å²) in [7, 11) is 0. The number of nitro benzene ring substituents is 1. The van der Waals surface area contributed by atoms with Crippen molar-refractivity contribution in [2.75, 3.05) is 5.32 Å². The maximum absolute atomic E-state index is 14.2. The predicted octanol–water partition coefficient (Wildman–Crippen LogP) is 4.56. The van der Waals surface area contributed by atoms with Crippen molar-refractivity contribution in [2.45, 2.75) is 18.4 Å². The summed E-state index contributed by atoms with van der Waals surface area (Å²) in [5, 5.41) is 14.3. The van der Waals surface area contributed by atoms with Crippen LogP contribution in [0.5, 0.6) is 0 Å². The second-order valence-electron chi connectivity index (χ2n) is 6.03. The van der Waals surface area contributed by atoms with E-state index in [1.54, 1.807) is 18.2 Å². The van der Waals surface area contributed by atoms with Crippen molar-refractivity contribution < 1.29 is 9.31 Å². The summed E-state index contributed by atoms with van der Waals surface area (Å²) in [5.41, 5.74) is 2.36. The topological polar surface area (TPSA) is 55.2 Å². The number of nitrogens with one attached hydrogen (secondary N) is 1. The molecule has 0 fully saturated rings. The van der Waals surface area contributed by atoms with Crippen LogP contribution in [0.25, 0.3) is 0 Å². The van der Waals surface area contributed by atoms with Crippen molar-refractivity contribution in [3.63, 3.8) is 0 Å². The molecule has 4 nitrogen and oxygen atoms in total. The molecule has 5 heteroatoms. The molecule has 1 aliphatic carbocycles. The number of anilines is 1. The van der Waals surface area contributed by atoms with Gasteiger partial charge in [0.15, 0.2) is 0 Å². The summed E-state index contributed by atoms with van der Waals surface area (Å²) in [5.74, 6) is 0.106. The summed E-state index contributed by atoms with van der Waals surface area (Å²) < 4.78 is 14.2. The van der Waals surface area contributed by atoms with Crippen LogP contribution in [-0.4, -0.2) is 4.92 Å². The van der Waals surface area contributed by atoms with Crippen molar-refractivity contribution >= 4 is 11.4 Å². The average molecular weight is 310 g/mol. The van der Waals surface area contributed by atoms with E-state index in [9.17, 15) is 14.5 Å². The molecule has 3 atom stereocenters. The predicted molar refractivity (Wildman–Crippen MR) is 85.8 cm³/mol. The van der Waals surface area contributed by atoms with Crippen LogP contribution < -0.4 is 5.32 Å². The van der Waals surface area contributed by atoms with E-state index in [1.807, 2.05) is 12.1 Å². The third-order valence-corrected chi connectivity index (χ3v) is 4.79. The molecule has 0 aromatic heterocycles. The Hall–Kier alpha value is -2.69. The van der Waals surface area contributed by atoms with E-state index in [0.29, 0.717) is 5.69 Å². The van der Waals surface area contributed by atoms with E-state index in [-0.39, 0.29) is 29.4 Å². The van der Waals surface area contributed by atoms with Crippen LogP contribution in [0.3, 0.4) is 0 Å². The zero-order chi connectivity index (χ0) is 16.0. The average Bonchev–Trinajstić information content (AvgIpc) is 3.04. The summed E-state index contributed by atoms with van der Waals surface area (Å²) in [6.07, 6.45) is 5.11. The van der Waals surface area contributed by atoms with Gasteiger partial charge < -0.3 is 5.32 Å². The number of benzene rings is 2. The Bertz CT molecular complexity index is 818. The number of hydrogen-bond acceptors (Lipinski definition) is 3. The SMILES string of the molecule is O=[N+]([O-])c1cccc([C@H]2Nc3c(F)cccc3[C@@H]3C=CC[C@@H]23)c1. The highest BCUT2D eigenvalue weighted by atomic mass is 19.1. The zero-order valence-electron chi connectivity index (χ0n) is 12.3. The highest BCUT2D eigenvalue weighted by Crippen LogP contribution is 2.50. The minimum Gasteiger partial charge on any atom is -0.375 e. The molecule has 4 rings (SSSR count). The number of nitro groups is 1. The first-order chi connectivity index (χ1) is 11.1. The molecule has 0 unspecified atom stereocenters. The summed E-state index contributed by atoms with van der Waals surface area (Å²) in [6, 6.07) is 11.6. The molecule has 0 radical (unpaired) electrons. The lowest BCUT2D eigenvalue weighted by molar-refractivity contribution is -0.384. The van der Waals surface area contributed by atoms with Gasteiger partial charge in [0.2, 0.25) is 0 Å². The molecule has 2 aromatic carbocycles. The Morgan fingerprint density at radius 2 is 2.04 bits per heavy atom. The quantitative estimate of drug-likeness (QED) is 0.502. The fraction of sp³-hybridized carbons (Fsp3) is 0.222. The smallest absolute Gasteiger partial charge is 0.269 e. The lowest BCUT2D eigenvalue weighted by Gasteiger charge is -2.37. The van der Waals surface area contributed by atoms with Crippen molar-refractivity contribution in [1.82, 2.24) is 0 Å². The van der Waals surface area contributed by atoms with Crippen LogP contribution in [0, 0.1) is 21.8 Å². The number of allylic oxidation sites excluding steroid dienone is 2. The fourth-order valence-electron chi connectivity index (χ4n) is 3.75. The molecule has 2 aliphatic rings. The molecular formula is C18H15FN2O2. The molecule has 116 valence electrons. The van der Waals surface area contributed by atoms with Gasteiger partial charge in [-0.15, -0.1) is 0 Å². The monoisotopic (exact) mass is 310 g/mol. The number of halogens is 1.